The maximum absolute atomic E-state index is 15.4. The van der Waals surface area contributed by atoms with Crippen LogP contribution in [-0.2, 0) is 11.2 Å². The second-order valence-electron chi connectivity index (χ2n) is 8.82. The Kier molecular flexibility index (Phi) is 6.37. The Labute approximate surface area is 213 Å². The Morgan fingerprint density at radius 1 is 1.11 bits per heavy atom. The standard InChI is InChI=1S/C25H21F5N6O2/c1-14-10-34(13-31-14)20-8-7-16(23(38-2)22(20)27)18-11-36(33-32-18)21-9-6-15-17(26)4-3-5-19(15)35(24(21)37)12-25(28,29)30/h3-5,7-8,10-11,13,21H,6,9,12H2,1-2H3/t21-/m0/s1. The fourth-order valence-electron chi connectivity index (χ4n) is 4.59. The third-order valence-corrected chi connectivity index (χ3v) is 6.32. The van der Waals surface area contributed by atoms with Gasteiger partial charge in [-0.1, -0.05) is 11.3 Å². The zero-order valence-electron chi connectivity index (χ0n) is 20.2. The zero-order chi connectivity index (χ0) is 27.2. The van der Waals surface area contributed by atoms with E-state index in [0.717, 1.165) is 10.7 Å². The lowest BCUT2D eigenvalue weighted by Gasteiger charge is -2.26. The van der Waals surface area contributed by atoms with Crippen LogP contribution in [0, 0.1) is 18.6 Å². The number of ether oxygens (including phenoxy) is 1. The molecular formula is C25H21F5N6O2. The molecule has 3 heterocycles. The lowest BCUT2D eigenvalue weighted by Crippen LogP contribution is -2.42. The topological polar surface area (TPSA) is 78.1 Å². The van der Waals surface area contributed by atoms with Crippen LogP contribution in [0.15, 0.2) is 49.1 Å². The van der Waals surface area contributed by atoms with E-state index in [0.29, 0.717) is 10.6 Å². The van der Waals surface area contributed by atoms with Crippen molar-refractivity contribution in [2.75, 3.05) is 18.6 Å². The molecule has 0 bridgehead atoms. The highest BCUT2D eigenvalue weighted by atomic mass is 19.4. The number of carbonyl (C=O) groups excluding carboxylic acids is 1. The second kappa shape index (κ2) is 9.54. The summed E-state index contributed by atoms with van der Waals surface area (Å²) in [6, 6.07) is 5.53. The molecule has 1 aliphatic rings. The van der Waals surface area contributed by atoms with Crippen molar-refractivity contribution in [2.45, 2.75) is 32.0 Å². The number of alkyl halides is 3. The first kappa shape index (κ1) is 25.4. The van der Waals surface area contributed by atoms with Crippen molar-refractivity contribution >= 4 is 11.6 Å². The van der Waals surface area contributed by atoms with Gasteiger partial charge >= 0.3 is 6.18 Å². The van der Waals surface area contributed by atoms with Gasteiger partial charge in [0.2, 0.25) is 0 Å². The van der Waals surface area contributed by atoms with Gasteiger partial charge in [0, 0.05) is 17.3 Å². The lowest BCUT2D eigenvalue weighted by molar-refractivity contribution is -0.134. The zero-order valence-corrected chi connectivity index (χ0v) is 20.2. The Bertz CT molecular complexity index is 1510. The van der Waals surface area contributed by atoms with Crippen LogP contribution >= 0.6 is 0 Å². The van der Waals surface area contributed by atoms with Crippen LogP contribution in [-0.4, -0.2) is 50.3 Å². The average molecular weight is 532 g/mol. The highest BCUT2D eigenvalue weighted by Crippen LogP contribution is 2.37. The molecule has 2 aromatic carbocycles. The van der Waals surface area contributed by atoms with Gasteiger partial charge in [-0.3, -0.25) is 4.79 Å². The summed E-state index contributed by atoms with van der Waals surface area (Å²) in [7, 11) is 1.28. The number of aromatic nitrogens is 5. The molecule has 1 aliphatic heterocycles. The van der Waals surface area contributed by atoms with Crippen LogP contribution in [0.25, 0.3) is 16.9 Å². The van der Waals surface area contributed by atoms with E-state index in [4.69, 9.17) is 4.74 Å². The number of imidazole rings is 1. The molecule has 0 saturated carbocycles. The maximum Gasteiger partial charge on any atom is 0.406 e. The summed E-state index contributed by atoms with van der Waals surface area (Å²) in [5.41, 5.74) is 1.10. The van der Waals surface area contributed by atoms with Crippen molar-refractivity contribution in [2.24, 2.45) is 0 Å². The lowest BCUT2D eigenvalue weighted by atomic mass is 10.1. The van der Waals surface area contributed by atoms with Crippen molar-refractivity contribution in [1.29, 1.82) is 0 Å². The second-order valence-corrected chi connectivity index (χ2v) is 8.82. The number of halogens is 5. The molecule has 2 aromatic heterocycles. The number of methoxy groups -OCH3 is 1. The van der Waals surface area contributed by atoms with Crippen LogP contribution in [0.3, 0.4) is 0 Å². The summed E-state index contributed by atoms with van der Waals surface area (Å²) in [6.45, 7) is 0.171. The van der Waals surface area contributed by atoms with Gasteiger partial charge in [0.05, 0.1) is 36.7 Å². The van der Waals surface area contributed by atoms with Crippen LogP contribution in [0.2, 0.25) is 0 Å². The molecule has 38 heavy (non-hydrogen) atoms. The summed E-state index contributed by atoms with van der Waals surface area (Å²) in [5.74, 6) is -2.44. The number of hydrogen-bond acceptors (Lipinski definition) is 5. The van der Waals surface area contributed by atoms with Crippen LogP contribution < -0.4 is 9.64 Å². The predicted molar refractivity (Wildman–Crippen MR) is 126 cm³/mol. The van der Waals surface area contributed by atoms with Gasteiger partial charge in [-0.25, -0.2) is 18.4 Å². The van der Waals surface area contributed by atoms with Gasteiger partial charge < -0.3 is 14.2 Å². The number of carbonyl (C=O) groups is 1. The normalized spacial score (nSPS) is 15.9. The summed E-state index contributed by atoms with van der Waals surface area (Å²) >= 11 is 0. The van der Waals surface area contributed by atoms with Crippen molar-refractivity contribution < 1.29 is 31.5 Å². The number of hydrogen-bond donors (Lipinski definition) is 0. The van der Waals surface area contributed by atoms with Crippen molar-refractivity contribution in [3.8, 4) is 22.7 Å². The fourth-order valence-corrected chi connectivity index (χ4v) is 4.59. The highest BCUT2D eigenvalue weighted by molar-refractivity contribution is 5.97. The molecule has 1 amide bonds. The number of amides is 1. The third kappa shape index (κ3) is 4.59. The molecule has 8 nitrogen and oxygen atoms in total. The smallest absolute Gasteiger partial charge is 0.406 e. The number of aryl methyl sites for hydroxylation is 1. The Morgan fingerprint density at radius 3 is 2.58 bits per heavy atom. The van der Waals surface area contributed by atoms with Crippen LogP contribution in [0.4, 0.5) is 27.6 Å². The van der Waals surface area contributed by atoms with E-state index >= 15 is 4.39 Å². The molecule has 13 heteroatoms. The van der Waals surface area contributed by atoms with E-state index in [1.165, 1.54) is 42.4 Å². The molecule has 0 spiro atoms. The Balaban J connectivity index is 1.51. The first-order chi connectivity index (χ1) is 18.1. The number of rotatable bonds is 5. The first-order valence-electron chi connectivity index (χ1n) is 11.5. The van der Waals surface area contributed by atoms with E-state index in [1.54, 1.807) is 19.2 Å². The van der Waals surface area contributed by atoms with Crippen molar-refractivity contribution in [1.82, 2.24) is 24.5 Å². The predicted octanol–water partition coefficient (Wildman–Crippen LogP) is 4.81. The summed E-state index contributed by atoms with van der Waals surface area (Å²) in [5, 5.41) is 7.99. The van der Waals surface area contributed by atoms with Gasteiger partial charge in [0.1, 0.15) is 24.1 Å². The van der Waals surface area contributed by atoms with E-state index in [1.807, 2.05) is 0 Å². The van der Waals surface area contributed by atoms with E-state index < -0.39 is 36.3 Å². The number of fused-ring (bicyclic) bond motifs is 1. The van der Waals surface area contributed by atoms with Crippen LogP contribution in [0.5, 0.6) is 5.75 Å². The molecule has 5 rings (SSSR count). The van der Waals surface area contributed by atoms with Crippen LogP contribution in [0.1, 0.15) is 23.7 Å². The molecule has 4 aromatic rings. The number of benzene rings is 2. The summed E-state index contributed by atoms with van der Waals surface area (Å²) in [4.78, 5) is 18.0. The molecule has 0 aliphatic carbocycles. The van der Waals surface area contributed by atoms with E-state index in [-0.39, 0.29) is 46.8 Å². The Morgan fingerprint density at radius 2 is 1.89 bits per heavy atom. The minimum atomic E-state index is -4.72. The fraction of sp³-hybridized carbons (Fsp3) is 0.280. The van der Waals surface area contributed by atoms with Gasteiger partial charge in [-0.05, 0) is 44.0 Å². The Hall–Kier alpha value is -4.29. The summed E-state index contributed by atoms with van der Waals surface area (Å²) < 4.78 is 78.0. The molecule has 0 saturated heterocycles. The largest absolute Gasteiger partial charge is 0.493 e. The minimum absolute atomic E-state index is 0.00106. The van der Waals surface area contributed by atoms with Gasteiger partial charge in [-0.2, -0.15) is 13.2 Å². The molecule has 0 radical (unpaired) electrons. The molecule has 1 atom stereocenters. The van der Waals surface area contributed by atoms with Gasteiger partial charge in [0.25, 0.3) is 5.91 Å². The van der Waals surface area contributed by atoms with Gasteiger partial charge in [-0.15, -0.1) is 5.10 Å². The SMILES string of the molecule is COc1c(-c2cn([C@H]3CCc4c(F)cccc4N(CC(F)(F)F)C3=O)nn2)ccc(-n2cnc(C)c2)c1F. The molecule has 0 N–H and O–H groups in total. The van der Waals surface area contributed by atoms with Crippen molar-refractivity contribution in [3.63, 3.8) is 0 Å². The van der Waals surface area contributed by atoms with Gasteiger partial charge in [0.15, 0.2) is 11.6 Å². The third-order valence-electron chi connectivity index (χ3n) is 6.32. The maximum atomic E-state index is 15.4. The number of nitrogens with zero attached hydrogens (tertiary/aromatic N) is 6. The minimum Gasteiger partial charge on any atom is -0.493 e. The van der Waals surface area contributed by atoms with E-state index in [2.05, 4.69) is 15.3 Å². The first-order valence-corrected chi connectivity index (χ1v) is 11.5. The summed E-state index contributed by atoms with van der Waals surface area (Å²) in [6.07, 6.45) is -0.318. The average Bonchev–Trinajstić information content (AvgIpc) is 3.49. The van der Waals surface area contributed by atoms with E-state index in [9.17, 15) is 22.4 Å². The number of anilines is 1. The monoisotopic (exact) mass is 532 g/mol. The molecular weight excluding hydrogens is 511 g/mol. The molecule has 0 unspecified atom stereocenters. The molecule has 198 valence electrons. The molecule has 0 fully saturated rings. The quantitative estimate of drug-likeness (QED) is 0.345. The van der Waals surface area contributed by atoms with Crippen molar-refractivity contribution in [3.05, 3.63) is 71.9 Å². The highest BCUT2D eigenvalue weighted by Gasteiger charge is 2.40.